The van der Waals surface area contributed by atoms with E-state index in [2.05, 4.69) is 0 Å². The van der Waals surface area contributed by atoms with Crippen LogP contribution in [-0.4, -0.2) is 17.8 Å². The van der Waals surface area contributed by atoms with Crippen LogP contribution in [-0.2, 0) is 4.79 Å². The Morgan fingerprint density at radius 3 is 2.44 bits per heavy atom. The summed E-state index contributed by atoms with van der Waals surface area (Å²) < 4.78 is 11.7. The Bertz CT molecular complexity index is 93.1. The quantitative estimate of drug-likeness (QED) is 0.632. The molecule has 0 aromatic carbocycles. The molecule has 1 N–H and O–H groups in total. The van der Waals surface area contributed by atoms with Crippen LogP contribution < -0.4 is 0 Å². The molecule has 9 heavy (non-hydrogen) atoms. The maximum atomic E-state index is 11.7. The van der Waals surface area contributed by atoms with Crippen LogP contribution in [0, 0.1) is 5.92 Å². The molecule has 0 rings (SSSR count). The summed E-state index contributed by atoms with van der Waals surface area (Å²) in [5, 5.41) is 8.26. The molecule has 0 aromatic heterocycles. The van der Waals surface area contributed by atoms with Gasteiger partial charge in [0.05, 0.1) is 5.92 Å². The van der Waals surface area contributed by atoms with Gasteiger partial charge in [-0.25, -0.2) is 0 Å². The Labute approximate surface area is 53.7 Å². The maximum Gasteiger partial charge on any atom is 0.309 e. The third-order valence-corrected chi connectivity index (χ3v) is 1.17. The SMILES string of the molecule is CCCC(CF)C(=O)O. The molecular formula is C6H11FO2. The van der Waals surface area contributed by atoms with Crippen molar-refractivity contribution in [3.05, 3.63) is 0 Å². The van der Waals surface area contributed by atoms with Crippen LogP contribution in [0.1, 0.15) is 19.8 Å². The van der Waals surface area contributed by atoms with Crippen molar-refractivity contribution in [2.45, 2.75) is 19.8 Å². The third kappa shape index (κ3) is 3.06. The van der Waals surface area contributed by atoms with Gasteiger partial charge in [0.25, 0.3) is 0 Å². The molecule has 2 nitrogen and oxygen atoms in total. The summed E-state index contributed by atoms with van der Waals surface area (Å²) >= 11 is 0. The summed E-state index contributed by atoms with van der Waals surface area (Å²) in [4.78, 5) is 10.1. The lowest BCUT2D eigenvalue weighted by atomic mass is 10.1. The molecule has 0 fully saturated rings. The number of rotatable bonds is 4. The average molecular weight is 134 g/mol. The van der Waals surface area contributed by atoms with E-state index in [9.17, 15) is 9.18 Å². The van der Waals surface area contributed by atoms with Gasteiger partial charge < -0.3 is 5.11 Å². The highest BCUT2D eigenvalue weighted by Gasteiger charge is 2.14. The van der Waals surface area contributed by atoms with Crippen molar-refractivity contribution in [3.63, 3.8) is 0 Å². The van der Waals surface area contributed by atoms with E-state index >= 15 is 0 Å². The van der Waals surface area contributed by atoms with Gasteiger partial charge in [-0.3, -0.25) is 9.18 Å². The van der Waals surface area contributed by atoms with Crippen molar-refractivity contribution in [2.24, 2.45) is 5.92 Å². The minimum atomic E-state index is -1.03. The van der Waals surface area contributed by atoms with Gasteiger partial charge in [-0.15, -0.1) is 0 Å². The number of halogens is 1. The van der Waals surface area contributed by atoms with Crippen LogP contribution >= 0.6 is 0 Å². The lowest BCUT2D eigenvalue weighted by Crippen LogP contribution is -2.14. The number of aliphatic carboxylic acids is 1. The monoisotopic (exact) mass is 134 g/mol. The van der Waals surface area contributed by atoms with Crippen molar-refractivity contribution >= 4 is 5.97 Å². The predicted octanol–water partition coefficient (Wildman–Crippen LogP) is 1.46. The largest absolute Gasteiger partial charge is 0.481 e. The molecule has 0 aromatic rings. The van der Waals surface area contributed by atoms with E-state index in [1.54, 1.807) is 0 Å². The van der Waals surface area contributed by atoms with Gasteiger partial charge in [0.1, 0.15) is 6.67 Å². The molecule has 1 atom stereocenters. The van der Waals surface area contributed by atoms with Gasteiger partial charge in [-0.2, -0.15) is 0 Å². The number of carbonyl (C=O) groups is 1. The first kappa shape index (κ1) is 8.40. The maximum absolute atomic E-state index is 11.7. The van der Waals surface area contributed by atoms with E-state index in [0.29, 0.717) is 6.42 Å². The number of alkyl halides is 1. The van der Waals surface area contributed by atoms with Crippen molar-refractivity contribution < 1.29 is 14.3 Å². The topological polar surface area (TPSA) is 37.3 Å². The highest BCUT2D eigenvalue weighted by atomic mass is 19.1. The highest BCUT2D eigenvalue weighted by molar-refractivity contribution is 5.69. The van der Waals surface area contributed by atoms with Crippen LogP contribution in [0.4, 0.5) is 4.39 Å². The van der Waals surface area contributed by atoms with Gasteiger partial charge in [0.15, 0.2) is 0 Å². The van der Waals surface area contributed by atoms with Crippen molar-refractivity contribution in [1.82, 2.24) is 0 Å². The van der Waals surface area contributed by atoms with Crippen molar-refractivity contribution in [3.8, 4) is 0 Å². The summed E-state index contributed by atoms with van der Waals surface area (Å²) in [6, 6.07) is 0. The molecular weight excluding hydrogens is 123 g/mol. The molecule has 1 unspecified atom stereocenters. The number of carboxylic acids is 1. The fourth-order valence-corrected chi connectivity index (χ4v) is 0.615. The van der Waals surface area contributed by atoms with Gasteiger partial charge in [-0.1, -0.05) is 13.3 Å². The number of hydrogen-bond donors (Lipinski definition) is 1. The smallest absolute Gasteiger partial charge is 0.309 e. The van der Waals surface area contributed by atoms with Crippen LogP contribution in [0.5, 0.6) is 0 Å². The Balaban J connectivity index is 3.54. The fraction of sp³-hybridized carbons (Fsp3) is 0.833. The normalized spacial score (nSPS) is 13.1. The zero-order valence-corrected chi connectivity index (χ0v) is 5.43. The first-order chi connectivity index (χ1) is 4.22. The zero-order valence-electron chi connectivity index (χ0n) is 5.43. The summed E-state index contributed by atoms with van der Waals surface area (Å²) in [5.41, 5.74) is 0. The van der Waals surface area contributed by atoms with E-state index < -0.39 is 18.6 Å². The second-order valence-electron chi connectivity index (χ2n) is 1.98. The molecule has 0 aliphatic rings. The number of carboxylic acid groups (broad SMARTS) is 1. The number of hydrogen-bond acceptors (Lipinski definition) is 1. The molecule has 0 radical (unpaired) electrons. The van der Waals surface area contributed by atoms with E-state index in [-0.39, 0.29) is 0 Å². The Kier molecular flexibility index (Phi) is 4.01. The van der Waals surface area contributed by atoms with E-state index in [0.717, 1.165) is 6.42 Å². The second kappa shape index (κ2) is 4.30. The zero-order chi connectivity index (χ0) is 7.28. The molecule has 0 aliphatic heterocycles. The lowest BCUT2D eigenvalue weighted by Gasteiger charge is -2.03. The third-order valence-electron chi connectivity index (χ3n) is 1.17. The molecule has 0 bridgehead atoms. The fourth-order valence-electron chi connectivity index (χ4n) is 0.615. The van der Waals surface area contributed by atoms with Gasteiger partial charge in [-0.05, 0) is 6.42 Å². The first-order valence-corrected chi connectivity index (χ1v) is 3.01. The minimum Gasteiger partial charge on any atom is -0.481 e. The van der Waals surface area contributed by atoms with Gasteiger partial charge >= 0.3 is 5.97 Å². The summed E-state index contributed by atoms with van der Waals surface area (Å²) in [7, 11) is 0. The van der Waals surface area contributed by atoms with Gasteiger partial charge in [0.2, 0.25) is 0 Å². The van der Waals surface area contributed by atoms with Crippen molar-refractivity contribution in [1.29, 1.82) is 0 Å². The predicted molar refractivity (Wildman–Crippen MR) is 32.0 cm³/mol. The van der Waals surface area contributed by atoms with E-state index in [1.807, 2.05) is 6.92 Å². The lowest BCUT2D eigenvalue weighted by molar-refractivity contribution is -0.142. The molecule has 0 spiro atoms. The standard InChI is InChI=1S/C6H11FO2/c1-2-3-5(4-7)6(8)9/h5H,2-4H2,1H3,(H,8,9). The van der Waals surface area contributed by atoms with E-state index in [4.69, 9.17) is 5.11 Å². The highest BCUT2D eigenvalue weighted by Crippen LogP contribution is 2.06. The van der Waals surface area contributed by atoms with Crippen LogP contribution in [0.3, 0.4) is 0 Å². The van der Waals surface area contributed by atoms with Crippen molar-refractivity contribution in [2.75, 3.05) is 6.67 Å². The molecule has 3 heteroatoms. The average Bonchev–Trinajstić information content (AvgIpc) is 1.82. The van der Waals surface area contributed by atoms with Crippen LogP contribution in [0.15, 0.2) is 0 Å². The Hall–Kier alpha value is -0.600. The molecule has 0 saturated carbocycles. The van der Waals surface area contributed by atoms with Crippen LogP contribution in [0.2, 0.25) is 0 Å². The minimum absolute atomic E-state index is 0.436. The van der Waals surface area contributed by atoms with E-state index in [1.165, 1.54) is 0 Å². The second-order valence-corrected chi connectivity index (χ2v) is 1.98. The Morgan fingerprint density at radius 1 is 1.78 bits per heavy atom. The molecule has 0 aliphatic carbocycles. The first-order valence-electron chi connectivity index (χ1n) is 3.01. The molecule has 0 heterocycles. The molecule has 0 saturated heterocycles. The summed E-state index contributed by atoms with van der Waals surface area (Å²) in [6.45, 7) is 1.09. The molecule has 54 valence electrons. The van der Waals surface area contributed by atoms with Crippen LogP contribution in [0.25, 0.3) is 0 Å². The molecule has 0 amide bonds. The summed E-state index contributed by atoms with van der Waals surface area (Å²) in [6.07, 6.45) is 1.16. The summed E-state index contributed by atoms with van der Waals surface area (Å²) in [5.74, 6) is -1.81. The van der Waals surface area contributed by atoms with Gasteiger partial charge in [0, 0.05) is 0 Å². The Morgan fingerprint density at radius 2 is 2.33 bits per heavy atom.